The molecule has 3 heterocycles. The van der Waals surface area contributed by atoms with Crippen molar-refractivity contribution in [3.05, 3.63) is 47.7 Å². The molecule has 0 radical (unpaired) electrons. The van der Waals surface area contributed by atoms with E-state index in [1.807, 2.05) is 48.2 Å². The molecular formula is C20H24N4O2. The Morgan fingerprint density at radius 3 is 2.77 bits per heavy atom. The summed E-state index contributed by atoms with van der Waals surface area (Å²) in [5.41, 5.74) is 1.74. The van der Waals surface area contributed by atoms with Crippen LogP contribution in [0.1, 0.15) is 24.1 Å². The molecule has 0 bridgehead atoms. The third-order valence-corrected chi connectivity index (χ3v) is 5.57. The van der Waals surface area contributed by atoms with Crippen LogP contribution in [0.2, 0.25) is 0 Å². The Bertz CT molecular complexity index is 808. The molecule has 1 aromatic carbocycles. The third kappa shape index (κ3) is 3.00. The van der Waals surface area contributed by atoms with Crippen molar-refractivity contribution in [3.8, 4) is 5.75 Å². The second kappa shape index (κ2) is 6.59. The maximum atomic E-state index is 13.2. The number of likely N-dealkylation sites (tertiary alicyclic amines) is 1. The lowest BCUT2D eigenvalue weighted by Gasteiger charge is -2.24. The van der Waals surface area contributed by atoms with Gasteiger partial charge in [0.2, 0.25) is 5.91 Å². The molecule has 0 unspecified atom stereocenters. The highest BCUT2D eigenvalue weighted by Crippen LogP contribution is 2.42. The lowest BCUT2D eigenvalue weighted by Crippen LogP contribution is -2.36. The molecule has 2 aliphatic heterocycles. The zero-order valence-electron chi connectivity index (χ0n) is 15.3. The van der Waals surface area contributed by atoms with Gasteiger partial charge in [0, 0.05) is 26.2 Å². The van der Waals surface area contributed by atoms with E-state index >= 15 is 0 Å². The fourth-order valence-corrected chi connectivity index (χ4v) is 4.04. The van der Waals surface area contributed by atoms with Crippen molar-refractivity contribution in [2.24, 2.45) is 5.41 Å². The number of aromatic nitrogens is 2. The molecule has 0 N–H and O–H groups in total. The van der Waals surface area contributed by atoms with Gasteiger partial charge >= 0.3 is 0 Å². The fourth-order valence-electron chi connectivity index (χ4n) is 4.04. The predicted octanol–water partition coefficient (Wildman–Crippen LogP) is 2.42. The smallest absolute Gasteiger partial charge is 0.231 e. The summed E-state index contributed by atoms with van der Waals surface area (Å²) in [5.74, 6) is 1.96. The number of hydrogen-bond acceptors (Lipinski definition) is 5. The number of anilines is 1. The molecule has 0 aliphatic carbocycles. The van der Waals surface area contributed by atoms with E-state index < -0.39 is 0 Å². The zero-order valence-corrected chi connectivity index (χ0v) is 15.3. The first-order valence-corrected chi connectivity index (χ1v) is 9.07. The minimum atomic E-state index is -0.272. The fraction of sp³-hybridized carbons (Fsp3) is 0.450. The van der Waals surface area contributed by atoms with Gasteiger partial charge < -0.3 is 14.5 Å². The van der Waals surface area contributed by atoms with Gasteiger partial charge in [0.05, 0.1) is 18.2 Å². The van der Waals surface area contributed by atoms with Crippen LogP contribution >= 0.6 is 0 Å². The summed E-state index contributed by atoms with van der Waals surface area (Å²) in [6.45, 7) is 4.97. The topological polar surface area (TPSA) is 58.6 Å². The number of nitrogens with zero attached hydrogens (tertiary/aromatic N) is 4. The summed E-state index contributed by atoms with van der Waals surface area (Å²) in [6, 6.07) is 11.9. The van der Waals surface area contributed by atoms with Gasteiger partial charge in [-0.2, -0.15) is 5.10 Å². The van der Waals surface area contributed by atoms with Crippen molar-refractivity contribution in [2.75, 3.05) is 31.6 Å². The van der Waals surface area contributed by atoms with E-state index in [9.17, 15) is 4.79 Å². The highest BCUT2D eigenvalue weighted by atomic mass is 16.5. The van der Waals surface area contributed by atoms with Crippen molar-refractivity contribution in [3.63, 3.8) is 0 Å². The van der Waals surface area contributed by atoms with E-state index in [1.54, 1.807) is 7.11 Å². The van der Waals surface area contributed by atoms with Gasteiger partial charge in [-0.1, -0.05) is 12.1 Å². The Kier molecular flexibility index (Phi) is 4.26. The standard InChI is InChI=1S/C20H24N4O2/c1-15-6-7-18(22-21-15)24-11-9-20(14-24)8-10-23(19(20)25)13-16-4-3-5-17(12-16)26-2/h3-7,12H,8-11,13-14H2,1-2H3/t20-/m1/s1. The van der Waals surface area contributed by atoms with Gasteiger partial charge in [0.25, 0.3) is 0 Å². The van der Waals surface area contributed by atoms with Gasteiger partial charge in [-0.05, 0) is 49.6 Å². The molecule has 2 saturated heterocycles. The van der Waals surface area contributed by atoms with E-state index in [0.29, 0.717) is 6.54 Å². The Hall–Kier alpha value is -2.63. The van der Waals surface area contributed by atoms with Crippen LogP contribution in [0.4, 0.5) is 5.82 Å². The first kappa shape index (κ1) is 16.8. The first-order chi connectivity index (χ1) is 12.6. The second-order valence-corrected chi connectivity index (χ2v) is 7.31. The minimum Gasteiger partial charge on any atom is -0.497 e. The SMILES string of the molecule is COc1cccc(CN2CC[C@]3(CCN(c4ccc(C)nn4)C3)C2=O)c1. The Labute approximate surface area is 153 Å². The molecular weight excluding hydrogens is 328 g/mol. The number of ether oxygens (including phenoxy) is 1. The highest BCUT2D eigenvalue weighted by molar-refractivity contribution is 5.86. The molecule has 26 heavy (non-hydrogen) atoms. The van der Waals surface area contributed by atoms with Crippen LogP contribution in [0.15, 0.2) is 36.4 Å². The van der Waals surface area contributed by atoms with E-state index in [-0.39, 0.29) is 11.3 Å². The molecule has 6 nitrogen and oxygen atoms in total. The van der Waals surface area contributed by atoms with Gasteiger partial charge in [-0.3, -0.25) is 4.79 Å². The number of amides is 1. The van der Waals surface area contributed by atoms with Gasteiger partial charge in [0.1, 0.15) is 5.75 Å². The maximum absolute atomic E-state index is 13.2. The number of carbonyl (C=O) groups excluding carboxylic acids is 1. The first-order valence-electron chi connectivity index (χ1n) is 9.07. The van der Waals surface area contributed by atoms with Crippen molar-refractivity contribution < 1.29 is 9.53 Å². The van der Waals surface area contributed by atoms with Crippen molar-refractivity contribution in [2.45, 2.75) is 26.3 Å². The number of aryl methyl sites for hydroxylation is 1. The largest absolute Gasteiger partial charge is 0.497 e. The van der Waals surface area contributed by atoms with E-state index in [1.165, 1.54) is 0 Å². The third-order valence-electron chi connectivity index (χ3n) is 5.57. The van der Waals surface area contributed by atoms with Gasteiger partial charge in [-0.15, -0.1) is 5.10 Å². The molecule has 1 spiro atoms. The van der Waals surface area contributed by atoms with Crippen LogP contribution in [-0.4, -0.2) is 47.7 Å². The Morgan fingerprint density at radius 1 is 1.15 bits per heavy atom. The number of benzene rings is 1. The summed E-state index contributed by atoms with van der Waals surface area (Å²) < 4.78 is 5.29. The van der Waals surface area contributed by atoms with Crippen molar-refractivity contribution in [1.82, 2.24) is 15.1 Å². The summed E-state index contributed by atoms with van der Waals surface area (Å²) in [6.07, 6.45) is 1.79. The lowest BCUT2D eigenvalue weighted by molar-refractivity contribution is -0.135. The molecule has 2 fully saturated rings. The maximum Gasteiger partial charge on any atom is 0.231 e. The van der Waals surface area contributed by atoms with Crippen LogP contribution in [-0.2, 0) is 11.3 Å². The highest BCUT2D eigenvalue weighted by Gasteiger charge is 2.50. The van der Waals surface area contributed by atoms with Crippen LogP contribution in [0.25, 0.3) is 0 Å². The normalized spacial score (nSPS) is 22.5. The number of rotatable bonds is 4. The molecule has 0 saturated carbocycles. The molecule has 2 aromatic rings. The van der Waals surface area contributed by atoms with Crippen LogP contribution in [0, 0.1) is 12.3 Å². The van der Waals surface area contributed by atoms with E-state index in [2.05, 4.69) is 15.1 Å². The van der Waals surface area contributed by atoms with E-state index in [0.717, 1.165) is 55.3 Å². The summed E-state index contributed by atoms with van der Waals surface area (Å²) in [5, 5.41) is 8.43. The van der Waals surface area contributed by atoms with E-state index in [4.69, 9.17) is 4.74 Å². The van der Waals surface area contributed by atoms with Crippen LogP contribution in [0.3, 0.4) is 0 Å². The molecule has 6 heteroatoms. The van der Waals surface area contributed by atoms with Gasteiger partial charge in [0.15, 0.2) is 5.82 Å². The summed E-state index contributed by atoms with van der Waals surface area (Å²) in [7, 11) is 1.66. The average Bonchev–Trinajstić information content (AvgIpc) is 3.22. The lowest BCUT2D eigenvalue weighted by atomic mass is 9.85. The Morgan fingerprint density at radius 2 is 2.00 bits per heavy atom. The Balaban J connectivity index is 1.46. The molecule has 136 valence electrons. The molecule has 1 aromatic heterocycles. The van der Waals surface area contributed by atoms with Crippen molar-refractivity contribution >= 4 is 11.7 Å². The number of carbonyl (C=O) groups is 1. The molecule has 4 rings (SSSR count). The predicted molar refractivity (Wildman–Crippen MR) is 99.1 cm³/mol. The molecule has 1 atom stereocenters. The minimum absolute atomic E-state index is 0.267. The van der Waals surface area contributed by atoms with Crippen LogP contribution in [0.5, 0.6) is 5.75 Å². The zero-order chi connectivity index (χ0) is 18.1. The number of methoxy groups -OCH3 is 1. The molecule has 2 aliphatic rings. The molecule has 1 amide bonds. The second-order valence-electron chi connectivity index (χ2n) is 7.31. The van der Waals surface area contributed by atoms with Crippen LogP contribution < -0.4 is 9.64 Å². The quantitative estimate of drug-likeness (QED) is 0.846. The summed E-state index contributed by atoms with van der Waals surface area (Å²) in [4.78, 5) is 17.3. The summed E-state index contributed by atoms with van der Waals surface area (Å²) >= 11 is 0. The van der Waals surface area contributed by atoms with Gasteiger partial charge in [-0.25, -0.2) is 0 Å². The average molecular weight is 352 g/mol. The number of hydrogen-bond donors (Lipinski definition) is 0. The van der Waals surface area contributed by atoms with Crippen molar-refractivity contribution in [1.29, 1.82) is 0 Å². The monoisotopic (exact) mass is 352 g/mol.